The monoisotopic (exact) mass is 1630 g/mol. The Morgan fingerprint density at radius 3 is 0.883 bits per heavy atom. The standard InChI is InChI=1S/C46H34.C42H32.C40H30/c1-46(2,3)45-40-19-8-7-18-37(40)44(34-17-9-16-31(26-34)29-12-5-4-6-13-29)39-25-23-33(28-42(39)45)32-22-24-35-36-20-10-14-30-15-11-21-38(43(30)36)41(35)27-32;1-42(2,3)41-37-20-12-11-19-35(37)40(27-13-5-4-6-14-27)36-24-22-29(26-39(36)41)28-21-23-34-32-17-8-7-15-30(32)31-16-9-10-18-33(31)38(34)25-28;1-40(2,3)39-34-15-8-7-14-31(34)37(25-10-5-4-6-11-25)33-23-20-29(24-35(33)39)30-21-18-28-17-16-26-12-9-13-27-19-22-32(30)38(28)36(26)27/h4-28H,1-3H3;4-26H,1-3H3;4-24H,1-3H3. The second-order valence-corrected chi connectivity index (χ2v) is 38.4. The SMILES string of the molecule is CC(C)(C)c1c2ccccc2c(-c2cccc(-c3ccccc3)c2)c2ccc(-c3ccc4c(c3)-c3cccc5cccc-4c35)cc12.CC(C)(C)c1c2ccccc2c(-c2ccccc2)c2ccc(-c3ccc4c5ccccc5c5ccccc5c4c3)cc12.CC(C)(C)c1c2ccccc2c(-c2ccccc2)c2ccc(-c3ccc4ccc5cccc6ccc3c4c56)cc12. The van der Waals surface area contributed by atoms with Gasteiger partial charge in [0.2, 0.25) is 0 Å². The fourth-order valence-corrected chi connectivity index (χ4v) is 22.2. The molecule has 1 aliphatic rings. The van der Waals surface area contributed by atoms with E-state index in [4.69, 9.17) is 0 Å². The van der Waals surface area contributed by atoms with Crippen molar-refractivity contribution < 1.29 is 0 Å². The minimum Gasteiger partial charge on any atom is -0.0622 e. The van der Waals surface area contributed by atoms with Gasteiger partial charge in [0.15, 0.2) is 0 Å². The predicted molar refractivity (Wildman–Crippen MR) is 557 cm³/mol. The number of hydrogen-bond acceptors (Lipinski definition) is 0. The molecule has 24 aromatic carbocycles. The summed E-state index contributed by atoms with van der Waals surface area (Å²) in [5.74, 6) is 0. The molecule has 1 aliphatic carbocycles. The van der Waals surface area contributed by atoms with E-state index < -0.39 is 0 Å². The van der Waals surface area contributed by atoms with Gasteiger partial charge in [-0.3, -0.25) is 0 Å². The molecule has 0 heterocycles. The molecular formula is C128H96. The molecule has 0 amide bonds. The number of rotatable bonds is 7. The fraction of sp³-hybridized carbons (Fsp3) is 0.0938. The zero-order valence-corrected chi connectivity index (χ0v) is 73.8. The first-order valence-electron chi connectivity index (χ1n) is 45.3. The molecule has 0 aromatic heterocycles. The predicted octanol–water partition coefficient (Wildman–Crippen LogP) is 36.7. The molecule has 608 valence electrons. The molecule has 0 aliphatic heterocycles. The number of fused-ring (bicyclic) bond motifs is 15. The Morgan fingerprint density at radius 1 is 0.125 bits per heavy atom. The van der Waals surface area contributed by atoms with Crippen molar-refractivity contribution in [3.8, 4) is 100 Å². The highest BCUT2D eigenvalue weighted by Crippen LogP contribution is 2.53. The molecule has 25 rings (SSSR count). The van der Waals surface area contributed by atoms with Gasteiger partial charge in [-0.15, -0.1) is 0 Å². The van der Waals surface area contributed by atoms with Gasteiger partial charge in [0.1, 0.15) is 0 Å². The summed E-state index contributed by atoms with van der Waals surface area (Å²) < 4.78 is 0. The molecule has 0 saturated carbocycles. The van der Waals surface area contributed by atoms with Crippen molar-refractivity contribution in [2.75, 3.05) is 0 Å². The molecule has 0 nitrogen and oxygen atoms in total. The average molecular weight is 1630 g/mol. The van der Waals surface area contributed by atoms with Gasteiger partial charge in [-0.05, 0) is 310 Å². The van der Waals surface area contributed by atoms with Crippen LogP contribution in [0.25, 0.3) is 240 Å². The highest BCUT2D eigenvalue weighted by atomic mass is 14.3. The third-order valence-electron chi connectivity index (χ3n) is 27.5. The highest BCUT2D eigenvalue weighted by Gasteiger charge is 2.30. The molecule has 0 N–H and O–H groups in total. The molecule has 0 heteroatoms. The van der Waals surface area contributed by atoms with Crippen LogP contribution in [0.15, 0.2) is 419 Å². The van der Waals surface area contributed by atoms with Crippen molar-refractivity contribution in [2.45, 2.75) is 78.6 Å². The lowest BCUT2D eigenvalue weighted by atomic mass is 9.77. The molecule has 0 atom stereocenters. The lowest BCUT2D eigenvalue weighted by Gasteiger charge is -2.27. The van der Waals surface area contributed by atoms with E-state index in [2.05, 4.69) is 481 Å². The summed E-state index contributed by atoms with van der Waals surface area (Å²) in [5, 5.41) is 34.4. The largest absolute Gasteiger partial charge is 0.0622 e. The Balaban J connectivity index is 0.000000110. The first-order chi connectivity index (χ1) is 62.4. The van der Waals surface area contributed by atoms with Crippen molar-refractivity contribution in [3.63, 3.8) is 0 Å². The summed E-state index contributed by atoms with van der Waals surface area (Å²) in [5.41, 5.74) is 27.2. The Morgan fingerprint density at radius 2 is 0.406 bits per heavy atom. The first kappa shape index (κ1) is 77.7. The minimum absolute atomic E-state index is 0.0195. The summed E-state index contributed by atoms with van der Waals surface area (Å²) in [6.45, 7) is 21.1. The van der Waals surface area contributed by atoms with E-state index in [-0.39, 0.29) is 16.2 Å². The van der Waals surface area contributed by atoms with E-state index in [0.717, 1.165) is 0 Å². The molecule has 0 bridgehead atoms. The summed E-state index contributed by atoms with van der Waals surface area (Å²) in [7, 11) is 0. The third-order valence-corrected chi connectivity index (χ3v) is 27.5. The molecule has 0 radical (unpaired) electrons. The molecule has 128 heavy (non-hydrogen) atoms. The molecule has 0 spiro atoms. The molecule has 0 unspecified atom stereocenters. The van der Waals surface area contributed by atoms with Crippen LogP contribution in [0.4, 0.5) is 0 Å². The van der Waals surface area contributed by atoms with Gasteiger partial charge in [-0.1, -0.05) is 444 Å². The second kappa shape index (κ2) is 30.4. The smallest absolute Gasteiger partial charge is 0.00206 e. The van der Waals surface area contributed by atoms with Crippen molar-refractivity contribution in [1.82, 2.24) is 0 Å². The van der Waals surface area contributed by atoms with E-state index in [1.807, 2.05) is 0 Å². The zero-order chi connectivity index (χ0) is 86.4. The third kappa shape index (κ3) is 12.9. The van der Waals surface area contributed by atoms with Crippen molar-refractivity contribution in [2.24, 2.45) is 0 Å². The Bertz CT molecular complexity index is 8580. The molecule has 0 saturated heterocycles. The summed E-state index contributed by atoms with van der Waals surface area (Å²) >= 11 is 0. The van der Waals surface area contributed by atoms with Gasteiger partial charge >= 0.3 is 0 Å². The van der Waals surface area contributed by atoms with Crippen molar-refractivity contribution >= 4 is 140 Å². The van der Waals surface area contributed by atoms with Gasteiger partial charge in [-0.2, -0.15) is 0 Å². The van der Waals surface area contributed by atoms with E-state index >= 15 is 0 Å². The Labute approximate surface area is 748 Å². The fourth-order valence-electron chi connectivity index (χ4n) is 22.2. The van der Waals surface area contributed by atoms with E-state index in [9.17, 15) is 0 Å². The van der Waals surface area contributed by atoms with Crippen LogP contribution in [0.2, 0.25) is 0 Å². The van der Waals surface area contributed by atoms with Crippen molar-refractivity contribution in [1.29, 1.82) is 0 Å². The van der Waals surface area contributed by atoms with Crippen LogP contribution in [0.1, 0.15) is 79.0 Å². The molecule has 24 aromatic rings. The second-order valence-electron chi connectivity index (χ2n) is 38.4. The van der Waals surface area contributed by atoms with Gasteiger partial charge in [-0.25, -0.2) is 0 Å². The first-order valence-corrected chi connectivity index (χ1v) is 45.3. The van der Waals surface area contributed by atoms with Gasteiger partial charge in [0.25, 0.3) is 0 Å². The van der Waals surface area contributed by atoms with Crippen LogP contribution in [-0.4, -0.2) is 0 Å². The van der Waals surface area contributed by atoms with E-state index in [1.54, 1.807) is 0 Å². The van der Waals surface area contributed by atoms with E-state index in [0.29, 0.717) is 0 Å². The van der Waals surface area contributed by atoms with E-state index in [1.165, 1.54) is 257 Å². The summed E-state index contributed by atoms with van der Waals surface area (Å²) in [6, 6.07) is 155. The van der Waals surface area contributed by atoms with Gasteiger partial charge < -0.3 is 0 Å². The lowest BCUT2D eigenvalue weighted by molar-refractivity contribution is 0.601. The van der Waals surface area contributed by atoms with Gasteiger partial charge in [0.05, 0.1) is 0 Å². The van der Waals surface area contributed by atoms with Crippen molar-refractivity contribution in [3.05, 3.63) is 435 Å². The zero-order valence-electron chi connectivity index (χ0n) is 73.8. The summed E-state index contributed by atoms with van der Waals surface area (Å²) in [4.78, 5) is 0. The highest BCUT2D eigenvalue weighted by molar-refractivity contribution is 6.29. The van der Waals surface area contributed by atoms with Crippen LogP contribution in [0.5, 0.6) is 0 Å². The van der Waals surface area contributed by atoms with Crippen LogP contribution < -0.4 is 0 Å². The van der Waals surface area contributed by atoms with Crippen LogP contribution in [-0.2, 0) is 16.2 Å². The molecular weight excluding hydrogens is 1540 g/mol. The average Bonchev–Trinajstić information content (AvgIpc) is 0.916. The maximum Gasteiger partial charge on any atom is -0.00206 e. The van der Waals surface area contributed by atoms with Crippen LogP contribution >= 0.6 is 0 Å². The molecule has 0 fully saturated rings. The maximum atomic E-state index is 2.46. The maximum absolute atomic E-state index is 2.46. The van der Waals surface area contributed by atoms with Crippen LogP contribution in [0, 0.1) is 0 Å². The minimum atomic E-state index is -0.0455. The number of hydrogen-bond donors (Lipinski definition) is 0. The Kier molecular flexibility index (Phi) is 18.4. The van der Waals surface area contributed by atoms with Gasteiger partial charge in [0, 0.05) is 0 Å². The quantitative estimate of drug-likeness (QED) is 0.110. The topological polar surface area (TPSA) is 0 Å². The number of benzene rings is 24. The summed E-state index contributed by atoms with van der Waals surface area (Å²) in [6.07, 6.45) is 0. The van der Waals surface area contributed by atoms with Crippen LogP contribution in [0.3, 0.4) is 0 Å². The Hall–Kier alpha value is -15.1. The lowest BCUT2D eigenvalue weighted by Crippen LogP contribution is -2.13. The normalized spacial score (nSPS) is 12.3.